The molecule has 2 aromatic heterocycles. The molecule has 4 aromatic rings. The molecular formula is C30H26F2N4O3. The number of fused-ring (bicyclic) bond motifs is 2. The van der Waals surface area contributed by atoms with E-state index in [1.165, 1.54) is 17.7 Å². The molecule has 7 nitrogen and oxygen atoms in total. The number of carboxylic acid groups (broad SMARTS) is 1. The molecule has 3 heterocycles. The lowest BCUT2D eigenvalue weighted by Crippen LogP contribution is -2.39. The predicted molar refractivity (Wildman–Crippen MR) is 138 cm³/mol. The largest absolute Gasteiger partial charge is 0.481 e. The average Bonchev–Trinajstić information content (AvgIpc) is 3.84. The van der Waals surface area contributed by atoms with Crippen LogP contribution >= 0.6 is 0 Å². The van der Waals surface area contributed by atoms with E-state index in [1.54, 1.807) is 10.6 Å². The predicted octanol–water partition coefficient (Wildman–Crippen LogP) is 5.44. The fraction of sp³-hybridized carbons (Fsp3) is 0.333. The Bertz CT molecular complexity index is 1680. The van der Waals surface area contributed by atoms with Gasteiger partial charge >= 0.3 is 5.97 Å². The molecular weight excluding hydrogens is 502 g/mol. The number of hydrogen-bond acceptors (Lipinski definition) is 4. The first-order valence-electron chi connectivity index (χ1n) is 13.3. The molecule has 1 amide bonds. The van der Waals surface area contributed by atoms with Crippen LogP contribution in [0.25, 0.3) is 16.9 Å². The van der Waals surface area contributed by atoms with Crippen LogP contribution in [0.5, 0.6) is 0 Å². The van der Waals surface area contributed by atoms with E-state index in [1.807, 2.05) is 30.0 Å². The molecule has 7 rings (SSSR count). The molecule has 2 saturated carbocycles. The zero-order valence-electron chi connectivity index (χ0n) is 21.3. The number of amides is 1. The minimum Gasteiger partial charge on any atom is -0.481 e. The third-order valence-corrected chi connectivity index (χ3v) is 8.44. The Labute approximate surface area is 223 Å². The van der Waals surface area contributed by atoms with Crippen LogP contribution in [0.2, 0.25) is 0 Å². The van der Waals surface area contributed by atoms with E-state index < -0.39 is 23.4 Å². The summed E-state index contributed by atoms with van der Waals surface area (Å²) in [4.78, 5) is 31.4. The van der Waals surface area contributed by atoms with Crippen molar-refractivity contribution in [3.05, 3.63) is 88.5 Å². The summed E-state index contributed by atoms with van der Waals surface area (Å²) < 4.78 is 31.8. The fourth-order valence-corrected chi connectivity index (χ4v) is 5.93. The van der Waals surface area contributed by atoms with Crippen molar-refractivity contribution < 1.29 is 23.5 Å². The number of halogens is 2. The second-order valence-corrected chi connectivity index (χ2v) is 10.9. The number of nitrogens with zero attached hydrogens (tertiary/aromatic N) is 4. The van der Waals surface area contributed by atoms with Gasteiger partial charge in [-0.05, 0) is 61.1 Å². The number of carbonyl (C=O) groups excluding carboxylic acids is 1. The summed E-state index contributed by atoms with van der Waals surface area (Å²) in [5.74, 6) is -2.97. The van der Waals surface area contributed by atoms with E-state index in [0.717, 1.165) is 36.6 Å². The normalized spacial score (nSPS) is 24.0. The second-order valence-electron chi connectivity index (χ2n) is 10.9. The van der Waals surface area contributed by atoms with Gasteiger partial charge in [0.05, 0.1) is 17.7 Å². The summed E-state index contributed by atoms with van der Waals surface area (Å²) >= 11 is 0. The van der Waals surface area contributed by atoms with Gasteiger partial charge in [0.25, 0.3) is 5.91 Å². The first-order valence-corrected chi connectivity index (χ1v) is 13.3. The molecule has 1 N–H and O–H groups in total. The maximum absolute atomic E-state index is 15.2. The number of aromatic nitrogens is 3. The fourth-order valence-electron chi connectivity index (χ4n) is 5.93. The molecule has 2 aromatic carbocycles. The summed E-state index contributed by atoms with van der Waals surface area (Å²) in [5, 5.41) is 13.7. The van der Waals surface area contributed by atoms with Crippen LogP contribution < -0.4 is 0 Å². The van der Waals surface area contributed by atoms with E-state index in [-0.39, 0.29) is 35.4 Å². The topological polar surface area (TPSA) is 87.8 Å². The number of carbonyl (C=O) groups is 2. The van der Waals surface area contributed by atoms with E-state index in [4.69, 9.17) is 5.11 Å². The number of hydrogen-bond donors (Lipinski definition) is 1. The molecule has 0 bridgehead atoms. The Morgan fingerprint density at radius 1 is 1.10 bits per heavy atom. The van der Waals surface area contributed by atoms with E-state index >= 15 is 4.39 Å². The molecule has 2 aliphatic carbocycles. The SMILES string of the molecule is C[C@@H]1c2ccccc2CCN1C(=O)c1cc(C2CC2)n2nc(-c3ccc([C@]4(F)CC4C(=O)O)cc3F)cc2n1. The van der Waals surface area contributed by atoms with Crippen molar-refractivity contribution in [2.45, 2.75) is 50.2 Å². The number of rotatable bonds is 5. The molecule has 9 heteroatoms. The highest BCUT2D eigenvalue weighted by atomic mass is 19.1. The molecule has 0 spiro atoms. The Balaban J connectivity index is 1.24. The molecule has 1 aliphatic heterocycles. The number of benzene rings is 2. The molecule has 0 radical (unpaired) electrons. The Morgan fingerprint density at radius 2 is 1.90 bits per heavy atom. The molecule has 2 fully saturated rings. The Kier molecular flexibility index (Phi) is 5.17. The minimum absolute atomic E-state index is 0.0156. The third-order valence-electron chi connectivity index (χ3n) is 8.44. The smallest absolute Gasteiger partial charge is 0.310 e. The highest BCUT2D eigenvalue weighted by Gasteiger charge is 2.61. The maximum Gasteiger partial charge on any atom is 0.310 e. The first kappa shape index (κ1) is 23.9. The van der Waals surface area contributed by atoms with Gasteiger partial charge in [-0.1, -0.05) is 30.3 Å². The summed E-state index contributed by atoms with van der Waals surface area (Å²) in [7, 11) is 0. The third kappa shape index (κ3) is 3.82. The highest BCUT2D eigenvalue weighted by molar-refractivity contribution is 5.93. The van der Waals surface area contributed by atoms with Crippen molar-refractivity contribution in [1.29, 1.82) is 0 Å². The van der Waals surface area contributed by atoms with Gasteiger partial charge in [-0.3, -0.25) is 9.59 Å². The van der Waals surface area contributed by atoms with Gasteiger partial charge in [-0.25, -0.2) is 18.3 Å². The first-order chi connectivity index (χ1) is 18.7. The van der Waals surface area contributed by atoms with Crippen LogP contribution in [-0.2, 0) is 16.9 Å². The Morgan fingerprint density at radius 3 is 2.62 bits per heavy atom. The van der Waals surface area contributed by atoms with E-state index in [2.05, 4.69) is 22.2 Å². The lowest BCUT2D eigenvalue weighted by atomic mass is 9.93. The van der Waals surface area contributed by atoms with Crippen molar-refractivity contribution in [3.63, 3.8) is 0 Å². The lowest BCUT2D eigenvalue weighted by Gasteiger charge is -2.35. The van der Waals surface area contributed by atoms with Crippen LogP contribution in [0, 0.1) is 11.7 Å². The highest BCUT2D eigenvalue weighted by Crippen LogP contribution is 2.56. The van der Waals surface area contributed by atoms with Gasteiger partial charge in [0.2, 0.25) is 0 Å². The van der Waals surface area contributed by atoms with Crippen molar-refractivity contribution in [2.75, 3.05) is 6.54 Å². The van der Waals surface area contributed by atoms with Crippen LogP contribution in [-0.4, -0.2) is 43.0 Å². The van der Waals surface area contributed by atoms with E-state index in [0.29, 0.717) is 23.6 Å². The second kappa shape index (κ2) is 8.43. The van der Waals surface area contributed by atoms with Gasteiger partial charge in [0.1, 0.15) is 17.2 Å². The monoisotopic (exact) mass is 528 g/mol. The van der Waals surface area contributed by atoms with Gasteiger partial charge in [0, 0.05) is 36.2 Å². The number of aliphatic carboxylic acids is 1. The number of carboxylic acids is 1. The summed E-state index contributed by atoms with van der Waals surface area (Å²) in [6.45, 7) is 2.63. The van der Waals surface area contributed by atoms with Crippen LogP contribution in [0.3, 0.4) is 0 Å². The summed E-state index contributed by atoms with van der Waals surface area (Å²) in [6.07, 6.45) is 2.56. The quantitative estimate of drug-likeness (QED) is 0.373. The molecule has 3 aliphatic rings. The molecule has 198 valence electrons. The standard InChI is InChI=1S/C30H26F2N4O3/c1-16-20-5-3-2-4-17(20)10-11-35(16)28(37)25-13-26(18-6-7-18)36-27(33-25)14-24(34-36)21-9-8-19(12-23(21)31)30(32)15-22(30)29(38)39/h2-5,8-9,12-14,16,18,22H,6-7,10-11,15H2,1H3,(H,38,39)/t16-,22?,30-/m1/s1. The zero-order valence-corrected chi connectivity index (χ0v) is 21.3. The van der Waals surface area contributed by atoms with Gasteiger partial charge in [0.15, 0.2) is 5.65 Å². The zero-order chi connectivity index (χ0) is 27.1. The molecule has 1 unspecified atom stereocenters. The van der Waals surface area contributed by atoms with Crippen LogP contribution in [0.1, 0.15) is 71.0 Å². The number of alkyl halides is 1. The minimum atomic E-state index is -2.05. The van der Waals surface area contributed by atoms with Crippen molar-refractivity contribution >= 4 is 17.5 Å². The van der Waals surface area contributed by atoms with Gasteiger partial charge in [-0.15, -0.1) is 0 Å². The van der Waals surface area contributed by atoms with Crippen LogP contribution in [0.15, 0.2) is 54.6 Å². The maximum atomic E-state index is 15.2. The molecule has 39 heavy (non-hydrogen) atoms. The summed E-state index contributed by atoms with van der Waals surface area (Å²) in [6, 6.07) is 15.4. The van der Waals surface area contributed by atoms with Crippen molar-refractivity contribution in [1.82, 2.24) is 19.5 Å². The lowest BCUT2D eigenvalue weighted by molar-refractivity contribution is -0.139. The van der Waals surface area contributed by atoms with Crippen molar-refractivity contribution in [2.24, 2.45) is 5.92 Å². The molecule has 3 atom stereocenters. The average molecular weight is 529 g/mol. The summed E-state index contributed by atoms with van der Waals surface area (Å²) in [5.41, 5.74) is 2.49. The van der Waals surface area contributed by atoms with Gasteiger partial charge in [-0.2, -0.15) is 5.10 Å². The van der Waals surface area contributed by atoms with Crippen molar-refractivity contribution in [3.8, 4) is 11.3 Å². The van der Waals surface area contributed by atoms with E-state index in [9.17, 15) is 14.0 Å². The Hall–Kier alpha value is -4.14. The van der Waals surface area contributed by atoms with Gasteiger partial charge < -0.3 is 10.0 Å². The molecule has 0 saturated heterocycles. The van der Waals surface area contributed by atoms with Crippen LogP contribution in [0.4, 0.5) is 8.78 Å².